The van der Waals surface area contributed by atoms with Gasteiger partial charge in [-0.3, -0.25) is 4.79 Å². The largest absolute Gasteiger partial charge is 0.476 e. The van der Waals surface area contributed by atoms with Crippen LogP contribution >= 0.6 is 11.3 Å². The molecular formula is C11H14N2O3S. The number of hydrogen-bond donors (Lipinski definition) is 2. The van der Waals surface area contributed by atoms with E-state index in [1.54, 1.807) is 0 Å². The van der Waals surface area contributed by atoms with Crippen LogP contribution in [-0.4, -0.2) is 28.0 Å². The maximum Gasteiger partial charge on any atom is 0.355 e. The molecule has 2 unspecified atom stereocenters. The van der Waals surface area contributed by atoms with E-state index < -0.39 is 5.97 Å². The number of thiazole rings is 1. The lowest BCUT2D eigenvalue weighted by Gasteiger charge is -2.00. The summed E-state index contributed by atoms with van der Waals surface area (Å²) in [5.74, 6) is -0.774. The Morgan fingerprint density at radius 1 is 1.65 bits per heavy atom. The van der Waals surface area contributed by atoms with E-state index in [1.807, 2.05) is 0 Å². The summed E-state index contributed by atoms with van der Waals surface area (Å²) in [5.41, 5.74) is -0.0685. The van der Waals surface area contributed by atoms with Crippen molar-refractivity contribution < 1.29 is 14.7 Å². The SMILES string of the molecule is CCCC1CC1NC(=O)c1nc(C(=O)O)cs1. The third-order valence-corrected chi connectivity index (χ3v) is 3.66. The van der Waals surface area contributed by atoms with E-state index in [-0.39, 0.29) is 22.7 Å². The van der Waals surface area contributed by atoms with E-state index in [1.165, 1.54) is 5.38 Å². The monoisotopic (exact) mass is 254 g/mol. The first-order valence-electron chi connectivity index (χ1n) is 5.61. The van der Waals surface area contributed by atoms with Crippen LogP contribution in [-0.2, 0) is 0 Å². The number of amides is 1. The van der Waals surface area contributed by atoms with Crippen molar-refractivity contribution >= 4 is 23.2 Å². The molecule has 2 atom stereocenters. The number of carboxylic acids is 1. The fraction of sp³-hybridized carbons (Fsp3) is 0.545. The highest BCUT2D eigenvalue weighted by atomic mass is 32.1. The van der Waals surface area contributed by atoms with Gasteiger partial charge in [0.2, 0.25) is 0 Å². The third-order valence-electron chi connectivity index (χ3n) is 2.82. The molecule has 1 saturated carbocycles. The van der Waals surface area contributed by atoms with Gasteiger partial charge >= 0.3 is 5.97 Å². The first-order valence-corrected chi connectivity index (χ1v) is 6.49. The molecule has 0 radical (unpaired) electrons. The minimum absolute atomic E-state index is 0.0685. The molecule has 1 aliphatic carbocycles. The zero-order valence-electron chi connectivity index (χ0n) is 9.47. The molecular weight excluding hydrogens is 240 g/mol. The Labute approximate surface area is 103 Å². The van der Waals surface area contributed by atoms with Crippen LogP contribution in [0.25, 0.3) is 0 Å². The second-order valence-electron chi connectivity index (χ2n) is 4.21. The molecule has 92 valence electrons. The molecule has 1 amide bonds. The first-order chi connectivity index (χ1) is 8.11. The van der Waals surface area contributed by atoms with Crippen molar-refractivity contribution in [2.45, 2.75) is 32.2 Å². The van der Waals surface area contributed by atoms with E-state index >= 15 is 0 Å². The van der Waals surface area contributed by atoms with Crippen LogP contribution in [0.3, 0.4) is 0 Å². The molecule has 0 spiro atoms. The van der Waals surface area contributed by atoms with Gasteiger partial charge in [0.1, 0.15) is 0 Å². The van der Waals surface area contributed by atoms with Crippen LogP contribution in [0.15, 0.2) is 5.38 Å². The van der Waals surface area contributed by atoms with Gasteiger partial charge in [-0.1, -0.05) is 13.3 Å². The highest BCUT2D eigenvalue weighted by molar-refractivity contribution is 7.11. The average molecular weight is 254 g/mol. The maximum atomic E-state index is 11.7. The van der Waals surface area contributed by atoms with Crippen LogP contribution in [0, 0.1) is 5.92 Å². The summed E-state index contributed by atoms with van der Waals surface area (Å²) in [5, 5.41) is 13.2. The Kier molecular flexibility index (Phi) is 3.42. The minimum atomic E-state index is -1.10. The van der Waals surface area contributed by atoms with Crippen LogP contribution in [0.2, 0.25) is 0 Å². The van der Waals surface area contributed by atoms with Gasteiger partial charge in [0.05, 0.1) is 0 Å². The highest BCUT2D eigenvalue weighted by Crippen LogP contribution is 2.34. The number of aromatic nitrogens is 1. The molecule has 17 heavy (non-hydrogen) atoms. The minimum Gasteiger partial charge on any atom is -0.476 e. The van der Waals surface area contributed by atoms with Gasteiger partial charge in [-0.2, -0.15) is 0 Å². The fourth-order valence-corrected chi connectivity index (χ4v) is 2.51. The lowest BCUT2D eigenvalue weighted by Crippen LogP contribution is -2.26. The normalized spacial score (nSPS) is 22.2. The van der Waals surface area contributed by atoms with Crippen LogP contribution in [0.5, 0.6) is 0 Å². The van der Waals surface area contributed by atoms with E-state index in [9.17, 15) is 9.59 Å². The molecule has 2 N–H and O–H groups in total. The first kappa shape index (κ1) is 12.0. The molecule has 1 aromatic heterocycles. The molecule has 6 heteroatoms. The topological polar surface area (TPSA) is 79.3 Å². The summed E-state index contributed by atoms with van der Waals surface area (Å²) >= 11 is 1.07. The van der Waals surface area contributed by atoms with Crippen molar-refractivity contribution in [1.82, 2.24) is 10.3 Å². The molecule has 5 nitrogen and oxygen atoms in total. The van der Waals surface area contributed by atoms with Crippen molar-refractivity contribution in [3.8, 4) is 0 Å². The van der Waals surface area contributed by atoms with E-state index in [4.69, 9.17) is 5.11 Å². The van der Waals surface area contributed by atoms with E-state index in [0.29, 0.717) is 5.92 Å². The predicted molar refractivity (Wildman–Crippen MR) is 63.3 cm³/mol. The lowest BCUT2D eigenvalue weighted by atomic mass is 10.2. The molecule has 1 aliphatic rings. The summed E-state index contributed by atoms with van der Waals surface area (Å²) in [6, 6.07) is 0.250. The molecule has 0 bridgehead atoms. The summed E-state index contributed by atoms with van der Waals surface area (Å²) in [7, 11) is 0. The van der Waals surface area contributed by atoms with Gasteiger partial charge in [0.15, 0.2) is 10.7 Å². The Morgan fingerprint density at radius 2 is 2.41 bits per heavy atom. The summed E-state index contributed by atoms with van der Waals surface area (Å²) < 4.78 is 0. The van der Waals surface area contributed by atoms with Gasteiger partial charge in [-0.15, -0.1) is 11.3 Å². The average Bonchev–Trinajstić information content (AvgIpc) is 2.83. The highest BCUT2D eigenvalue weighted by Gasteiger charge is 2.37. The quantitative estimate of drug-likeness (QED) is 0.839. The van der Waals surface area contributed by atoms with Crippen LogP contribution in [0.1, 0.15) is 46.5 Å². The Hall–Kier alpha value is -1.43. The standard InChI is InChI=1S/C11H14N2O3S/c1-2-3-6-4-7(6)12-9(14)10-13-8(5-17-10)11(15)16/h5-7H,2-4H2,1H3,(H,12,14)(H,15,16). The van der Waals surface area contributed by atoms with E-state index in [0.717, 1.165) is 30.6 Å². The number of aromatic carboxylic acids is 1. The van der Waals surface area contributed by atoms with Crippen molar-refractivity contribution in [2.75, 3.05) is 0 Å². The molecule has 1 heterocycles. The second kappa shape index (κ2) is 4.83. The van der Waals surface area contributed by atoms with Gasteiger partial charge in [0.25, 0.3) is 5.91 Å². The van der Waals surface area contributed by atoms with Gasteiger partial charge < -0.3 is 10.4 Å². The Balaban J connectivity index is 1.90. The van der Waals surface area contributed by atoms with Crippen molar-refractivity contribution in [3.05, 3.63) is 16.1 Å². The van der Waals surface area contributed by atoms with Crippen LogP contribution < -0.4 is 5.32 Å². The number of carbonyl (C=O) groups is 2. The molecule has 2 rings (SSSR count). The summed E-state index contributed by atoms with van der Waals surface area (Å²) in [4.78, 5) is 26.1. The number of rotatable bonds is 5. The number of carboxylic acid groups (broad SMARTS) is 1. The van der Waals surface area contributed by atoms with Crippen molar-refractivity contribution in [2.24, 2.45) is 5.92 Å². The second-order valence-corrected chi connectivity index (χ2v) is 5.07. The van der Waals surface area contributed by atoms with Gasteiger partial charge in [0, 0.05) is 11.4 Å². The Bertz CT molecular complexity index is 444. The number of nitrogens with one attached hydrogen (secondary N) is 1. The van der Waals surface area contributed by atoms with Crippen LogP contribution in [0.4, 0.5) is 0 Å². The van der Waals surface area contributed by atoms with E-state index in [2.05, 4.69) is 17.2 Å². The van der Waals surface area contributed by atoms with Crippen molar-refractivity contribution in [3.63, 3.8) is 0 Å². The maximum absolute atomic E-state index is 11.7. The van der Waals surface area contributed by atoms with Gasteiger partial charge in [-0.05, 0) is 18.8 Å². The molecule has 1 fully saturated rings. The van der Waals surface area contributed by atoms with Gasteiger partial charge in [-0.25, -0.2) is 9.78 Å². The molecule has 1 aromatic rings. The summed E-state index contributed by atoms with van der Waals surface area (Å²) in [6.07, 6.45) is 3.28. The predicted octanol–water partition coefficient (Wildman–Crippen LogP) is 1.76. The number of hydrogen-bond acceptors (Lipinski definition) is 4. The molecule has 0 aliphatic heterocycles. The fourth-order valence-electron chi connectivity index (χ4n) is 1.82. The zero-order valence-corrected chi connectivity index (χ0v) is 10.3. The number of carbonyl (C=O) groups excluding carboxylic acids is 1. The smallest absolute Gasteiger partial charge is 0.355 e. The number of nitrogens with zero attached hydrogens (tertiary/aromatic N) is 1. The molecule has 0 aromatic carbocycles. The third kappa shape index (κ3) is 2.82. The zero-order chi connectivity index (χ0) is 12.4. The van der Waals surface area contributed by atoms with Crippen molar-refractivity contribution in [1.29, 1.82) is 0 Å². The lowest BCUT2D eigenvalue weighted by molar-refractivity contribution is 0.0691. The molecule has 0 saturated heterocycles. The Morgan fingerprint density at radius 3 is 3.00 bits per heavy atom. The summed E-state index contributed by atoms with van der Waals surface area (Å²) in [6.45, 7) is 2.12.